The van der Waals surface area contributed by atoms with Crippen molar-refractivity contribution >= 4 is 15.9 Å². The van der Waals surface area contributed by atoms with Crippen molar-refractivity contribution in [3.63, 3.8) is 0 Å². The van der Waals surface area contributed by atoms with Gasteiger partial charge >= 0.3 is 0 Å². The summed E-state index contributed by atoms with van der Waals surface area (Å²) in [6, 6.07) is 7.87. The molecule has 0 aliphatic heterocycles. The van der Waals surface area contributed by atoms with Crippen molar-refractivity contribution in [1.82, 2.24) is 9.73 Å². The third-order valence-corrected chi connectivity index (χ3v) is 3.80. The number of amides is 1. The van der Waals surface area contributed by atoms with Crippen LogP contribution in [0.1, 0.15) is 0 Å². The highest BCUT2D eigenvalue weighted by molar-refractivity contribution is 7.89. The van der Waals surface area contributed by atoms with Crippen LogP contribution in [-0.4, -0.2) is 32.2 Å². The molecule has 0 heterocycles. The van der Waals surface area contributed by atoms with Crippen LogP contribution in [0.25, 0.3) is 0 Å². The molecule has 0 bridgehead atoms. The van der Waals surface area contributed by atoms with Gasteiger partial charge in [-0.05, 0) is 12.1 Å². The molecule has 0 aliphatic rings. The Hall–Kier alpha value is -1.44. The smallest absolute Gasteiger partial charge is 0.249 e. The first-order valence-corrected chi connectivity index (χ1v) is 5.93. The molecule has 88 valence electrons. The SMILES string of the molecule is CN(CC(=O)NN)S(=O)(=O)c1ccccc1. The van der Waals surface area contributed by atoms with E-state index in [0.29, 0.717) is 0 Å². The molecule has 0 saturated carbocycles. The second kappa shape index (κ2) is 5.06. The van der Waals surface area contributed by atoms with Gasteiger partial charge in [0.15, 0.2) is 0 Å². The van der Waals surface area contributed by atoms with E-state index in [1.54, 1.807) is 18.2 Å². The summed E-state index contributed by atoms with van der Waals surface area (Å²) < 4.78 is 24.7. The van der Waals surface area contributed by atoms with Crippen molar-refractivity contribution in [2.24, 2.45) is 5.84 Å². The van der Waals surface area contributed by atoms with Gasteiger partial charge in [0.2, 0.25) is 15.9 Å². The van der Waals surface area contributed by atoms with Gasteiger partial charge in [0.25, 0.3) is 0 Å². The van der Waals surface area contributed by atoms with Crippen molar-refractivity contribution in [3.8, 4) is 0 Å². The van der Waals surface area contributed by atoms with Crippen molar-refractivity contribution in [2.45, 2.75) is 4.90 Å². The Morgan fingerprint density at radius 1 is 1.38 bits per heavy atom. The molecular formula is C9H13N3O3S. The number of rotatable bonds is 4. The Bertz CT molecular complexity index is 458. The third-order valence-electron chi connectivity index (χ3n) is 1.98. The fourth-order valence-corrected chi connectivity index (χ4v) is 2.25. The minimum atomic E-state index is -3.63. The minimum Gasteiger partial charge on any atom is -0.293 e. The fourth-order valence-electron chi connectivity index (χ4n) is 1.11. The van der Waals surface area contributed by atoms with E-state index >= 15 is 0 Å². The van der Waals surface area contributed by atoms with E-state index in [1.807, 2.05) is 5.43 Å². The average molecular weight is 243 g/mol. The predicted molar refractivity (Wildman–Crippen MR) is 58.6 cm³/mol. The number of nitrogens with two attached hydrogens (primary N) is 1. The molecule has 1 amide bonds. The number of likely N-dealkylation sites (N-methyl/N-ethyl adjacent to an activating group) is 1. The van der Waals surface area contributed by atoms with Gasteiger partial charge in [0.1, 0.15) is 0 Å². The highest BCUT2D eigenvalue weighted by Crippen LogP contribution is 2.12. The van der Waals surface area contributed by atoms with E-state index in [4.69, 9.17) is 5.84 Å². The first kappa shape index (κ1) is 12.6. The topological polar surface area (TPSA) is 92.5 Å². The van der Waals surface area contributed by atoms with E-state index < -0.39 is 15.9 Å². The third kappa shape index (κ3) is 2.78. The van der Waals surface area contributed by atoms with Crippen molar-refractivity contribution in [2.75, 3.05) is 13.6 Å². The number of nitrogens with one attached hydrogen (secondary N) is 1. The molecule has 0 spiro atoms. The Kier molecular flexibility index (Phi) is 3.99. The van der Waals surface area contributed by atoms with Crippen LogP contribution in [0, 0.1) is 0 Å². The zero-order valence-corrected chi connectivity index (χ0v) is 9.57. The molecule has 7 heteroatoms. The Morgan fingerprint density at radius 2 is 1.94 bits per heavy atom. The van der Waals surface area contributed by atoms with Gasteiger partial charge in [-0.3, -0.25) is 10.2 Å². The van der Waals surface area contributed by atoms with Gasteiger partial charge in [0, 0.05) is 7.05 Å². The number of hydrogen-bond acceptors (Lipinski definition) is 4. The largest absolute Gasteiger partial charge is 0.293 e. The molecule has 6 nitrogen and oxygen atoms in total. The second-order valence-electron chi connectivity index (χ2n) is 3.14. The number of carbonyl (C=O) groups is 1. The number of benzene rings is 1. The van der Waals surface area contributed by atoms with Crippen LogP contribution in [0.15, 0.2) is 35.2 Å². The van der Waals surface area contributed by atoms with Crippen molar-refractivity contribution in [3.05, 3.63) is 30.3 Å². The molecular weight excluding hydrogens is 230 g/mol. The summed E-state index contributed by atoms with van der Waals surface area (Å²) in [5.41, 5.74) is 1.87. The molecule has 0 unspecified atom stereocenters. The monoisotopic (exact) mass is 243 g/mol. The summed E-state index contributed by atoms with van der Waals surface area (Å²) in [5.74, 6) is 4.31. The lowest BCUT2D eigenvalue weighted by Gasteiger charge is -2.15. The van der Waals surface area contributed by atoms with Gasteiger partial charge in [-0.15, -0.1) is 0 Å². The molecule has 0 aliphatic carbocycles. The molecule has 16 heavy (non-hydrogen) atoms. The van der Waals surface area contributed by atoms with Crippen LogP contribution in [0.3, 0.4) is 0 Å². The zero-order valence-electron chi connectivity index (χ0n) is 8.75. The predicted octanol–water partition coefficient (Wildman–Crippen LogP) is -0.703. The highest BCUT2D eigenvalue weighted by atomic mass is 32.2. The summed E-state index contributed by atoms with van der Waals surface area (Å²) in [6.07, 6.45) is 0. The van der Waals surface area contributed by atoms with Gasteiger partial charge < -0.3 is 0 Å². The first-order chi connectivity index (χ1) is 7.48. The minimum absolute atomic E-state index is 0.141. The number of nitrogens with zero attached hydrogens (tertiary/aromatic N) is 1. The van der Waals surface area contributed by atoms with Crippen LogP contribution in [0.5, 0.6) is 0 Å². The first-order valence-electron chi connectivity index (χ1n) is 4.49. The van der Waals surface area contributed by atoms with Gasteiger partial charge in [-0.25, -0.2) is 14.3 Å². The Balaban J connectivity index is 2.91. The summed E-state index contributed by atoms with van der Waals surface area (Å²) in [4.78, 5) is 11.1. The highest BCUT2D eigenvalue weighted by Gasteiger charge is 2.21. The fraction of sp³-hybridized carbons (Fsp3) is 0.222. The van der Waals surface area contributed by atoms with E-state index in [-0.39, 0.29) is 11.4 Å². The summed E-state index contributed by atoms with van der Waals surface area (Å²) >= 11 is 0. The van der Waals surface area contributed by atoms with E-state index in [1.165, 1.54) is 19.2 Å². The lowest BCUT2D eigenvalue weighted by atomic mass is 10.4. The van der Waals surface area contributed by atoms with Crippen LogP contribution in [0.2, 0.25) is 0 Å². The van der Waals surface area contributed by atoms with Crippen molar-refractivity contribution in [1.29, 1.82) is 0 Å². The second-order valence-corrected chi connectivity index (χ2v) is 5.19. The van der Waals surface area contributed by atoms with Gasteiger partial charge in [0.05, 0.1) is 11.4 Å². The van der Waals surface area contributed by atoms with E-state index in [9.17, 15) is 13.2 Å². The van der Waals surface area contributed by atoms with E-state index in [2.05, 4.69) is 0 Å². The summed E-state index contributed by atoms with van der Waals surface area (Å²) in [6.45, 7) is -0.312. The Morgan fingerprint density at radius 3 is 2.44 bits per heavy atom. The van der Waals surface area contributed by atoms with Crippen LogP contribution in [-0.2, 0) is 14.8 Å². The summed E-state index contributed by atoms with van der Waals surface area (Å²) in [7, 11) is -2.31. The maximum absolute atomic E-state index is 11.9. The maximum Gasteiger partial charge on any atom is 0.249 e. The average Bonchev–Trinajstić information content (AvgIpc) is 2.29. The van der Waals surface area contributed by atoms with Gasteiger partial charge in [-0.1, -0.05) is 18.2 Å². The maximum atomic E-state index is 11.9. The normalized spacial score (nSPS) is 11.4. The molecule has 0 saturated heterocycles. The molecule has 3 N–H and O–H groups in total. The molecule has 0 radical (unpaired) electrons. The summed E-state index contributed by atoms with van der Waals surface area (Å²) in [5, 5.41) is 0. The van der Waals surface area contributed by atoms with Crippen LogP contribution < -0.4 is 11.3 Å². The standard InChI is InChI=1S/C9H13N3O3S/c1-12(7-9(13)11-10)16(14,15)8-5-3-2-4-6-8/h2-6H,7,10H2,1H3,(H,11,13). The number of sulfonamides is 1. The van der Waals surface area contributed by atoms with Crippen LogP contribution in [0.4, 0.5) is 0 Å². The van der Waals surface area contributed by atoms with Crippen molar-refractivity contribution < 1.29 is 13.2 Å². The lowest BCUT2D eigenvalue weighted by Crippen LogP contribution is -2.41. The Labute approximate surface area is 94.1 Å². The van der Waals surface area contributed by atoms with Gasteiger partial charge in [-0.2, -0.15) is 4.31 Å². The molecule has 1 aromatic rings. The molecule has 0 fully saturated rings. The quantitative estimate of drug-likeness (QED) is 0.415. The number of hydrogen-bond donors (Lipinski definition) is 2. The molecule has 1 rings (SSSR count). The molecule has 0 atom stereocenters. The van der Waals surface area contributed by atoms with Crippen LogP contribution >= 0.6 is 0 Å². The van der Waals surface area contributed by atoms with E-state index in [0.717, 1.165) is 4.31 Å². The molecule has 1 aromatic carbocycles. The zero-order chi connectivity index (χ0) is 12.2. The number of carbonyl (C=O) groups excluding carboxylic acids is 1. The lowest BCUT2D eigenvalue weighted by molar-refractivity contribution is -0.121. The number of hydrazine groups is 1. The molecule has 0 aromatic heterocycles.